The monoisotopic (exact) mass is 157 g/mol. The van der Waals surface area contributed by atoms with E-state index in [-0.39, 0.29) is 5.92 Å². The minimum Gasteiger partial charge on any atom is -0.481 e. The van der Waals surface area contributed by atoms with Gasteiger partial charge in [-0.1, -0.05) is 0 Å². The molecule has 0 unspecified atom stereocenters. The van der Waals surface area contributed by atoms with Gasteiger partial charge in [-0.25, -0.2) is 0 Å². The van der Waals surface area contributed by atoms with Crippen molar-refractivity contribution in [3.63, 3.8) is 0 Å². The van der Waals surface area contributed by atoms with Crippen LogP contribution in [0.15, 0.2) is 0 Å². The number of carboxylic acid groups (broad SMARTS) is 1. The van der Waals surface area contributed by atoms with E-state index in [1.165, 1.54) is 0 Å². The third-order valence-electron chi connectivity index (χ3n) is 2.72. The van der Waals surface area contributed by atoms with Crippen LogP contribution >= 0.6 is 0 Å². The zero-order valence-electron chi connectivity index (χ0n) is 6.17. The molecule has 2 fully saturated rings. The molecule has 0 aromatic heterocycles. The van der Waals surface area contributed by atoms with Crippen LogP contribution < -0.4 is 5.32 Å². The quantitative estimate of drug-likeness (QED) is 0.529. The fourth-order valence-corrected chi connectivity index (χ4v) is 1.89. The number of carbonyl (C=O) groups is 1. The number of carboxylic acids is 1. The topological polar surface area (TPSA) is 58.6 Å². The number of aliphatic carboxylic acids is 1. The van der Waals surface area contributed by atoms with Gasteiger partial charge >= 0.3 is 5.97 Å². The lowest BCUT2D eigenvalue weighted by atomic mass is 9.81. The molecule has 0 saturated carbocycles. The van der Waals surface area contributed by atoms with Gasteiger partial charge in [0.2, 0.25) is 0 Å². The van der Waals surface area contributed by atoms with Gasteiger partial charge in [0.25, 0.3) is 0 Å². The third kappa shape index (κ3) is 0.795. The normalized spacial score (nSPS) is 42.4. The minimum atomic E-state index is -0.718. The predicted octanol–water partition coefficient (Wildman–Crippen LogP) is -0.693. The van der Waals surface area contributed by atoms with Crippen molar-refractivity contribution >= 4 is 5.97 Å². The van der Waals surface area contributed by atoms with E-state index in [1.54, 1.807) is 0 Å². The van der Waals surface area contributed by atoms with Crippen LogP contribution in [0.25, 0.3) is 0 Å². The Morgan fingerprint density at radius 2 is 2.55 bits per heavy atom. The lowest BCUT2D eigenvalue weighted by Gasteiger charge is -2.19. The van der Waals surface area contributed by atoms with Crippen molar-refractivity contribution in [1.29, 1.82) is 0 Å². The molecule has 62 valence electrons. The Hall–Kier alpha value is -0.610. The van der Waals surface area contributed by atoms with Crippen molar-refractivity contribution < 1.29 is 14.6 Å². The molecule has 2 aliphatic rings. The zero-order valence-corrected chi connectivity index (χ0v) is 6.17. The van der Waals surface area contributed by atoms with Gasteiger partial charge < -0.3 is 15.2 Å². The minimum absolute atomic E-state index is 0.181. The molecule has 0 spiro atoms. The summed E-state index contributed by atoms with van der Waals surface area (Å²) in [7, 11) is 0. The molecule has 2 rings (SSSR count). The summed E-state index contributed by atoms with van der Waals surface area (Å²) in [6, 6.07) is 0. The van der Waals surface area contributed by atoms with Gasteiger partial charge in [0.05, 0.1) is 13.2 Å². The van der Waals surface area contributed by atoms with Crippen LogP contribution in [0.3, 0.4) is 0 Å². The first-order chi connectivity index (χ1) is 5.26. The average molecular weight is 157 g/mol. The summed E-state index contributed by atoms with van der Waals surface area (Å²) in [6.07, 6.45) is 0. The van der Waals surface area contributed by atoms with Crippen LogP contribution in [0.5, 0.6) is 0 Å². The Kier molecular flexibility index (Phi) is 1.40. The molecule has 2 saturated heterocycles. The molecule has 4 heteroatoms. The number of hydrogen-bond donors (Lipinski definition) is 2. The molecular weight excluding hydrogens is 146 g/mol. The van der Waals surface area contributed by atoms with Crippen molar-refractivity contribution in [3.05, 3.63) is 0 Å². The van der Waals surface area contributed by atoms with Gasteiger partial charge in [0.15, 0.2) is 0 Å². The molecule has 0 aliphatic carbocycles. The molecule has 0 aromatic carbocycles. The highest BCUT2D eigenvalue weighted by molar-refractivity contribution is 5.76. The van der Waals surface area contributed by atoms with E-state index >= 15 is 0 Å². The second-order valence-corrected chi connectivity index (χ2v) is 3.30. The highest BCUT2D eigenvalue weighted by atomic mass is 16.5. The van der Waals surface area contributed by atoms with E-state index in [0.717, 1.165) is 6.54 Å². The highest BCUT2D eigenvalue weighted by Crippen LogP contribution is 2.37. The van der Waals surface area contributed by atoms with Crippen LogP contribution in [0.1, 0.15) is 0 Å². The lowest BCUT2D eigenvalue weighted by molar-refractivity contribution is -0.149. The number of rotatable bonds is 1. The third-order valence-corrected chi connectivity index (χ3v) is 2.72. The molecule has 11 heavy (non-hydrogen) atoms. The predicted molar refractivity (Wildman–Crippen MR) is 37.2 cm³/mol. The maximum absolute atomic E-state index is 10.9. The van der Waals surface area contributed by atoms with Gasteiger partial charge in [-0.3, -0.25) is 4.79 Å². The molecule has 4 nitrogen and oxygen atoms in total. The van der Waals surface area contributed by atoms with Crippen molar-refractivity contribution in [3.8, 4) is 0 Å². The Morgan fingerprint density at radius 1 is 1.73 bits per heavy atom. The fraction of sp³-hybridized carbons (Fsp3) is 0.857. The molecule has 0 bridgehead atoms. The molecular formula is C7H11NO3. The number of hydrogen-bond acceptors (Lipinski definition) is 3. The van der Waals surface area contributed by atoms with E-state index in [4.69, 9.17) is 9.84 Å². The number of nitrogens with one attached hydrogen (secondary N) is 1. The van der Waals surface area contributed by atoms with Gasteiger partial charge in [-0.05, 0) is 0 Å². The zero-order chi connectivity index (χ0) is 7.90. The summed E-state index contributed by atoms with van der Waals surface area (Å²) < 4.78 is 5.16. The standard InChI is InChI=1S/C7H11NO3/c9-6(10)7-3-8-1-5(7)2-11-4-7/h5,8H,1-4H2,(H,9,10)/t5-,7-/m1/s1. The van der Waals surface area contributed by atoms with Crippen LogP contribution in [0.2, 0.25) is 0 Å². The van der Waals surface area contributed by atoms with Crippen molar-refractivity contribution in [2.45, 2.75) is 0 Å². The van der Waals surface area contributed by atoms with E-state index in [2.05, 4.69) is 5.32 Å². The molecule has 0 amide bonds. The second-order valence-electron chi connectivity index (χ2n) is 3.30. The second kappa shape index (κ2) is 2.19. The van der Waals surface area contributed by atoms with E-state index in [1.807, 2.05) is 0 Å². The number of fused-ring (bicyclic) bond motifs is 1. The van der Waals surface area contributed by atoms with Crippen LogP contribution in [0.4, 0.5) is 0 Å². The summed E-state index contributed by atoms with van der Waals surface area (Å²) in [4.78, 5) is 10.9. The molecule has 2 heterocycles. The van der Waals surface area contributed by atoms with Crippen LogP contribution in [-0.2, 0) is 9.53 Å². The first-order valence-electron chi connectivity index (χ1n) is 3.77. The van der Waals surface area contributed by atoms with E-state index in [0.29, 0.717) is 19.8 Å². The van der Waals surface area contributed by atoms with Crippen molar-refractivity contribution in [1.82, 2.24) is 5.32 Å². The maximum Gasteiger partial charge on any atom is 0.313 e. The summed E-state index contributed by atoms with van der Waals surface area (Å²) in [5, 5.41) is 12.0. The SMILES string of the molecule is O=C(O)[C@@]12CNC[C@@H]1COC2. The summed E-state index contributed by atoms with van der Waals surface area (Å²) >= 11 is 0. The molecule has 2 aliphatic heterocycles. The summed E-state index contributed by atoms with van der Waals surface area (Å²) in [6.45, 7) is 2.32. The Bertz CT molecular complexity index is 182. The Balaban J connectivity index is 2.26. The lowest BCUT2D eigenvalue weighted by Crippen LogP contribution is -2.38. The maximum atomic E-state index is 10.9. The summed E-state index contributed by atoms with van der Waals surface area (Å²) in [5.41, 5.74) is -0.611. The smallest absolute Gasteiger partial charge is 0.313 e. The average Bonchev–Trinajstić information content (AvgIpc) is 2.40. The van der Waals surface area contributed by atoms with E-state index < -0.39 is 11.4 Å². The Morgan fingerprint density at radius 3 is 3.18 bits per heavy atom. The molecule has 0 radical (unpaired) electrons. The number of ether oxygens (including phenoxy) is 1. The fourth-order valence-electron chi connectivity index (χ4n) is 1.89. The van der Waals surface area contributed by atoms with Gasteiger partial charge in [0, 0.05) is 19.0 Å². The molecule has 2 N–H and O–H groups in total. The van der Waals surface area contributed by atoms with Crippen molar-refractivity contribution in [2.24, 2.45) is 11.3 Å². The van der Waals surface area contributed by atoms with E-state index in [9.17, 15) is 4.79 Å². The van der Waals surface area contributed by atoms with Crippen LogP contribution in [-0.4, -0.2) is 37.4 Å². The summed E-state index contributed by atoms with van der Waals surface area (Å²) in [5.74, 6) is -0.537. The van der Waals surface area contributed by atoms with Gasteiger partial charge in [-0.15, -0.1) is 0 Å². The van der Waals surface area contributed by atoms with Gasteiger partial charge in [0.1, 0.15) is 5.41 Å². The largest absolute Gasteiger partial charge is 0.481 e. The van der Waals surface area contributed by atoms with Crippen LogP contribution in [0, 0.1) is 11.3 Å². The highest BCUT2D eigenvalue weighted by Gasteiger charge is 2.53. The first kappa shape index (κ1) is 7.06. The molecule has 2 atom stereocenters. The first-order valence-corrected chi connectivity index (χ1v) is 3.77. The Labute approximate surface area is 64.5 Å². The molecule has 0 aromatic rings. The van der Waals surface area contributed by atoms with Crippen molar-refractivity contribution in [2.75, 3.05) is 26.3 Å². The van der Waals surface area contributed by atoms with Gasteiger partial charge in [-0.2, -0.15) is 0 Å².